The Bertz CT molecular complexity index is 423. The van der Waals surface area contributed by atoms with Crippen LogP contribution in [-0.2, 0) is 11.3 Å². The van der Waals surface area contributed by atoms with Gasteiger partial charge in [0, 0.05) is 44.0 Å². The van der Waals surface area contributed by atoms with Crippen molar-refractivity contribution >= 4 is 5.91 Å². The Kier molecular flexibility index (Phi) is 4.41. The molecule has 1 aromatic heterocycles. The molecule has 110 valence electrons. The topological polar surface area (TPSA) is 48.1 Å². The van der Waals surface area contributed by atoms with Crippen LogP contribution in [0.2, 0.25) is 0 Å². The SMILES string of the molecule is O=C(C1CCCCC1)N1CCC(NCc2cc[nH]c2)C1. The summed E-state index contributed by atoms with van der Waals surface area (Å²) in [5.74, 6) is 0.725. The molecule has 2 N–H and O–H groups in total. The highest BCUT2D eigenvalue weighted by molar-refractivity contribution is 5.79. The number of aromatic amines is 1. The van der Waals surface area contributed by atoms with Gasteiger partial charge < -0.3 is 15.2 Å². The number of hydrogen-bond acceptors (Lipinski definition) is 2. The zero-order valence-electron chi connectivity index (χ0n) is 12.1. The minimum Gasteiger partial charge on any atom is -0.367 e. The van der Waals surface area contributed by atoms with Crippen molar-refractivity contribution in [2.45, 2.75) is 51.1 Å². The van der Waals surface area contributed by atoms with E-state index in [-0.39, 0.29) is 0 Å². The first-order valence-electron chi connectivity index (χ1n) is 7.97. The first kappa shape index (κ1) is 13.7. The van der Waals surface area contributed by atoms with E-state index in [0.717, 1.165) is 38.9 Å². The lowest BCUT2D eigenvalue weighted by atomic mass is 9.88. The van der Waals surface area contributed by atoms with Crippen molar-refractivity contribution in [3.8, 4) is 0 Å². The molecule has 1 amide bonds. The molecule has 1 aliphatic carbocycles. The molecule has 1 saturated carbocycles. The molecule has 1 aliphatic heterocycles. The summed E-state index contributed by atoms with van der Waals surface area (Å²) in [5.41, 5.74) is 1.28. The van der Waals surface area contributed by atoms with Gasteiger partial charge in [-0.3, -0.25) is 4.79 Å². The van der Waals surface area contributed by atoms with Crippen LogP contribution in [0.5, 0.6) is 0 Å². The molecule has 20 heavy (non-hydrogen) atoms. The molecule has 1 saturated heterocycles. The molecule has 1 aromatic rings. The minimum absolute atomic E-state index is 0.312. The number of rotatable bonds is 4. The second-order valence-corrected chi connectivity index (χ2v) is 6.20. The van der Waals surface area contributed by atoms with Gasteiger partial charge in [0.2, 0.25) is 5.91 Å². The number of nitrogens with one attached hydrogen (secondary N) is 2. The molecule has 1 atom stereocenters. The van der Waals surface area contributed by atoms with Crippen LogP contribution in [0.3, 0.4) is 0 Å². The minimum atomic E-state index is 0.312. The van der Waals surface area contributed by atoms with Crippen molar-refractivity contribution in [1.29, 1.82) is 0 Å². The highest BCUT2D eigenvalue weighted by Gasteiger charge is 2.31. The zero-order chi connectivity index (χ0) is 13.8. The second kappa shape index (κ2) is 6.44. The zero-order valence-corrected chi connectivity index (χ0v) is 12.1. The quantitative estimate of drug-likeness (QED) is 0.885. The highest BCUT2D eigenvalue weighted by Crippen LogP contribution is 2.26. The van der Waals surface area contributed by atoms with Crippen LogP contribution in [0, 0.1) is 5.92 Å². The molecular formula is C16H25N3O. The fraction of sp³-hybridized carbons (Fsp3) is 0.688. The molecule has 2 heterocycles. The number of hydrogen-bond donors (Lipinski definition) is 2. The number of aromatic nitrogens is 1. The molecule has 4 heteroatoms. The van der Waals surface area contributed by atoms with Gasteiger partial charge in [0.25, 0.3) is 0 Å². The van der Waals surface area contributed by atoms with E-state index in [9.17, 15) is 4.79 Å². The molecule has 2 aliphatic rings. The third-order valence-electron chi connectivity index (χ3n) is 4.71. The predicted molar refractivity (Wildman–Crippen MR) is 79.2 cm³/mol. The lowest BCUT2D eigenvalue weighted by molar-refractivity contribution is -0.135. The smallest absolute Gasteiger partial charge is 0.225 e. The Morgan fingerprint density at radius 2 is 2.15 bits per heavy atom. The predicted octanol–water partition coefficient (Wildman–Crippen LogP) is 2.29. The van der Waals surface area contributed by atoms with E-state index >= 15 is 0 Å². The number of nitrogens with zero attached hydrogens (tertiary/aromatic N) is 1. The lowest BCUT2D eigenvalue weighted by Gasteiger charge is -2.26. The number of carbonyl (C=O) groups excluding carboxylic acids is 1. The number of H-pyrrole nitrogens is 1. The van der Waals surface area contributed by atoms with Gasteiger partial charge in [-0.05, 0) is 30.9 Å². The monoisotopic (exact) mass is 275 g/mol. The first-order valence-corrected chi connectivity index (χ1v) is 7.97. The third kappa shape index (κ3) is 3.23. The van der Waals surface area contributed by atoms with E-state index in [4.69, 9.17) is 0 Å². The molecular weight excluding hydrogens is 250 g/mol. The van der Waals surface area contributed by atoms with Crippen molar-refractivity contribution in [3.05, 3.63) is 24.0 Å². The van der Waals surface area contributed by atoms with E-state index in [2.05, 4.69) is 21.3 Å². The molecule has 0 aromatic carbocycles. The average Bonchev–Trinajstić information content (AvgIpc) is 3.17. The van der Waals surface area contributed by atoms with Crippen LogP contribution in [0.1, 0.15) is 44.1 Å². The highest BCUT2D eigenvalue weighted by atomic mass is 16.2. The van der Waals surface area contributed by atoms with Crippen molar-refractivity contribution in [3.63, 3.8) is 0 Å². The maximum absolute atomic E-state index is 12.5. The molecule has 4 nitrogen and oxygen atoms in total. The Morgan fingerprint density at radius 1 is 1.30 bits per heavy atom. The van der Waals surface area contributed by atoms with E-state index in [0.29, 0.717) is 17.9 Å². The Balaban J connectivity index is 1.45. The van der Waals surface area contributed by atoms with Crippen LogP contribution in [0.15, 0.2) is 18.5 Å². The summed E-state index contributed by atoms with van der Waals surface area (Å²) in [5, 5.41) is 3.56. The lowest BCUT2D eigenvalue weighted by Crippen LogP contribution is -2.38. The van der Waals surface area contributed by atoms with Gasteiger partial charge >= 0.3 is 0 Å². The summed E-state index contributed by atoms with van der Waals surface area (Å²) in [6, 6.07) is 2.55. The molecule has 1 unspecified atom stereocenters. The number of likely N-dealkylation sites (tertiary alicyclic amines) is 1. The largest absolute Gasteiger partial charge is 0.367 e. The molecule has 2 fully saturated rings. The average molecular weight is 275 g/mol. The van der Waals surface area contributed by atoms with Gasteiger partial charge in [-0.1, -0.05) is 19.3 Å². The standard InChI is InChI=1S/C16H25N3O/c20-16(14-4-2-1-3-5-14)19-9-7-15(12-19)18-11-13-6-8-17-10-13/h6,8,10,14-15,17-18H,1-5,7,9,11-12H2. The number of amides is 1. The molecule has 3 rings (SSSR count). The van der Waals surface area contributed by atoms with Crippen molar-refractivity contribution < 1.29 is 4.79 Å². The molecule has 0 bridgehead atoms. The normalized spacial score (nSPS) is 24.2. The van der Waals surface area contributed by atoms with Gasteiger partial charge in [0.1, 0.15) is 0 Å². The van der Waals surface area contributed by atoms with E-state index in [1.807, 2.05) is 12.4 Å². The van der Waals surface area contributed by atoms with Gasteiger partial charge in [0.15, 0.2) is 0 Å². The van der Waals surface area contributed by atoms with Crippen LogP contribution in [0.4, 0.5) is 0 Å². The molecule has 0 radical (unpaired) electrons. The molecule has 0 spiro atoms. The van der Waals surface area contributed by atoms with Crippen LogP contribution < -0.4 is 5.32 Å². The summed E-state index contributed by atoms with van der Waals surface area (Å²) in [7, 11) is 0. The van der Waals surface area contributed by atoms with E-state index in [1.165, 1.54) is 24.8 Å². The van der Waals surface area contributed by atoms with Crippen LogP contribution >= 0.6 is 0 Å². The summed E-state index contributed by atoms with van der Waals surface area (Å²) in [6.45, 7) is 2.71. The van der Waals surface area contributed by atoms with E-state index < -0.39 is 0 Å². The van der Waals surface area contributed by atoms with Gasteiger partial charge in [-0.15, -0.1) is 0 Å². The fourth-order valence-electron chi connectivity index (χ4n) is 3.47. The van der Waals surface area contributed by atoms with Crippen LogP contribution in [0.25, 0.3) is 0 Å². The van der Waals surface area contributed by atoms with Crippen molar-refractivity contribution in [2.75, 3.05) is 13.1 Å². The third-order valence-corrected chi connectivity index (χ3v) is 4.71. The van der Waals surface area contributed by atoms with Crippen LogP contribution in [-0.4, -0.2) is 34.9 Å². The number of carbonyl (C=O) groups is 1. The summed E-state index contributed by atoms with van der Waals surface area (Å²) < 4.78 is 0. The second-order valence-electron chi connectivity index (χ2n) is 6.20. The fourth-order valence-corrected chi connectivity index (χ4v) is 3.47. The Hall–Kier alpha value is -1.29. The Labute approximate surface area is 120 Å². The van der Waals surface area contributed by atoms with E-state index in [1.54, 1.807) is 0 Å². The summed E-state index contributed by atoms with van der Waals surface area (Å²) >= 11 is 0. The maximum Gasteiger partial charge on any atom is 0.225 e. The van der Waals surface area contributed by atoms with Crippen molar-refractivity contribution in [1.82, 2.24) is 15.2 Å². The Morgan fingerprint density at radius 3 is 2.90 bits per heavy atom. The van der Waals surface area contributed by atoms with Gasteiger partial charge in [0.05, 0.1) is 0 Å². The first-order chi connectivity index (χ1) is 9.83. The summed E-state index contributed by atoms with van der Waals surface area (Å²) in [6.07, 6.45) is 11.1. The van der Waals surface area contributed by atoms with Crippen molar-refractivity contribution in [2.24, 2.45) is 5.92 Å². The summed E-state index contributed by atoms with van der Waals surface area (Å²) in [4.78, 5) is 17.6. The maximum atomic E-state index is 12.5. The van der Waals surface area contributed by atoms with Gasteiger partial charge in [-0.25, -0.2) is 0 Å². The van der Waals surface area contributed by atoms with Gasteiger partial charge in [-0.2, -0.15) is 0 Å².